The number of aromatic carboxylic acids is 1. The molecule has 0 aliphatic rings. The summed E-state index contributed by atoms with van der Waals surface area (Å²) in [6.07, 6.45) is 2.93. The molecule has 0 bridgehead atoms. The number of aryl methyl sites for hydroxylation is 1. The van der Waals surface area contributed by atoms with Crippen molar-refractivity contribution < 1.29 is 9.90 Å². The van der Waals surface area contributed by atoms with Crippen molar-refractivity contribution >= 4 is 11.8 Å². The molecule has 2 heterocycles. The fourth-order valence-electron chi connectivity index (χ4n) is 1.58. The predicted molar refractivity (Wildman–Crippen MR) is 64.2 cm³/mol. The number of aromatic nitrogens is 4. The summed E-state index contributed by atoms with van der Waals surface area (Å²) in [6, 6.07) is 3.05. The Kier molecular flexibility index (Phi) is 3.22. The Labute approximate surface area is 104 Å². The molecule has 1 unspecified atom stereocenters. The molecular weight excluding hydrogens is 234 g/mol. The molecule has 2 rings (SSSR count). The lowest BCUT2D eigenvalue weighted by Gasteiger charge is -2.13. The third kappa shape index (κ3) is 2.45. The molecule has 0 aliphatic carbocycles. The lowest BCUT2D eigenvalue weighted by molar-refractivity contribution is 0.0696. The summed E-state index contributed by atoms with van der Waals surface area (Å²) in [6.45, 7) is 1.93. The summed E-state index contributed by atoms with van der Waals surface area (Å²) in [7, 11) is 1.86. The van der Waals surface area contributed by atoms with E-state index in [0.29, 0.717) is 5.82 Å². The number of anilines is 1. The van der Waals surface area contributed by atoms with Gasteiger partial charge in [0.05, 0.1) is 11.6 Å². The Morgan fingerprint density at radius 2 is 2.28 bits per heavy atom. The first-order valence-corrected chi connectivity index (χ1v) is 5.37. The molecule has 0 aliphatic heterocycles. The van der Waals surface area contributed by atoms with Gasteiger partial charge in [-0.1, -0.05) is 0 Å². The van der Waals surface area contributed by atoms with Crippen LogP contribution >= 0.6 is 0 Å². The van der Waals surface area contributed by atoms with Crippen LogP contribution in [0.3, 0.4) is 0 Å². The van der Waals surface area contributed by atoms with Crippen molar-refractivity contribution in [3.8, 4) is 0 Å². The van der Waals surface area contributed by atoms with Crippen LogP contribution in [-0.4, -0.2) is 30.8 Å². The number of pyridine rings is 1. The molecule has 0 fully saturated rings. The molecule has 1 atom stereocenters. The Balaban J connectivity index is 2.10. The lowest BCUT2D eigenvalue weighted by Crippen LogP contribution is -2.13. The van der Waals surface area contributed by atoms with E-state index in [0.717, 1.165) is 5.82 Å². The second-order valence-corrected chi connectivity index (χ2v) is 3.90. The van der Waals surface area contributed by atoms with Crippen molar-refractivity contribution in [3.05, 3.63) is 36.0 Å². The highest BCUT2D eigenvalue weighted by molar-refractivity contribution is 5.87. The summed E-state index contributed by atoms with van der Waals surface area (Å²) < 4.78 is 1.81. The molecule has 0 spiro atoms. The number of hydrogen-bond donors (Lipinski definition) is 2. The van der Waals surface area contributed by atoms with Gasteiger partial charge in [0, 0.05) is 13.2 Å². The predicted octanol–water partition coefficient (Wildman–Crippen LogP) is 1.08. The Morgan fingerprint density at radius 1 is 1.50 bits per heavy atom. The minimum absolute atomic E-state index is 0.0688. The van der Waals surface area contributed by atoms with Gasteiger partial charge in [-0.05, 0) is 19.1 Å². The van der Waals surface area contributed by atoms with Gasteiger partial charge in [-0.2, -0.15) is 0 Å². The van der Waals surface area contributed by atoms with Crippen LogP contribution in [-0.2, 0) is 7.05 Å². The van der Waals surface area contributed by atoms with Crippen LogP contribution in [0.4, 0.5) is 5.82 Å². The smallest absolute Gasteiger partial charge is 0.337 e. The standard InChI is InChI=1S/C11H13N5O2/c1-7(10-15-13-6-16(10)2)14-9-4-3-8(5-12-9)11(17)18/h3-7H,1-2H3,(H,12,14)(H,17,18). The summed E-state index contributed by atoms with van der Waals surface area (Å²) in [5, 5.41) is 19.7. The zero-order valence-electron chi connectivity index (χ0n) is 10.0. The van der Waals surface area contributed by atoms with Crippen LogP contribution in [0.2, 0.25) is 0 Å². The van der Waals surface area contributed by atoms with Crippen molar-refractivity contribution in [3.63, 3.8) is 0 Å². The number of hydrogen-bond acceptors (Lipinski definition) is 5. The van der Waals surface area contributed by atoms with E-state index in [4.69, 9.17) is 5.11 Å². The molecule has 0 aromatic carbocycles. The number of nitrogens with one attached hydrogen (secondary N) is 1. The lowest BCUT2D eigenvalue weighted by atomic mass is 10.2. The molecule has 0 amide bonds. The van der Waals surface area contributed by atoms with Crippen molar-refractivity contribution in [2.75, 3.05) is 5.32 Å². The molecule has 7 heteroatoms. The molecular formula is C11H13N5O2. The molecule has 0 radical (unpaired) electrons. The van der Waals surface area contributed by atoms with Gasteiger partial charge in [0.1, 0.15) is 12.1 Å². The number of nitrogens with zero attached hydrogens (tertiary/aromatic N) is 4. The average molecular weight is 247 g/mol. The normalized spacial score (nSPS) is 12.1. The fourth-order valence-corrected chi connectivity index (χ4v) is 1.58. The van der Waals surface area contributed by atoms with Gasteiger partial charge in [-0.15, -0.1) is 10.2 Å². The van der Waals surface area contributed by atoms with Crippen LogP contribution < -0.4 is 5.32 Å². The van der Waals surface area contributed by atoms with Gasteiger partial charge in [0.15, 0.2) is 5.82 Å². The van der Waals surface area contributed by atoms with Crippen LogP contribution in [0.5, 0.6) is 0 Å². The fraction of sp³-hybridized carbons (Fsp3) is 0.273. The van der Waals surface area contributed by atoms with Gasteiger partial charge >= 0.3 is 5.97 Å². The van der Waals surface area contributed by atoms with Crippen molar-refractivity contribution in [1.29, 1.82) is 0 Å². The number of carboxylic acid groups (broad SMARTS) is 1. The first-order chi connectivity index (χ1) is 8.58. The summed E-state index contributed by atoms with van der Waals surface area (Å²) in [5.41, 5.74) is 0.159. The molecule has 7 nitrogen and oxygen atoms in total. The van der Waals surface area contributed by atoms with E-state index < -0.39 is 5.97 Å². The van der Waals surface area contributed by atoms with Gasteiger partial charge in [-0.25, -0.2) is 9.78 Å². The maximum atomic E-state index is 10.7. The van der Waals surface area contributed by atoms with Crippen molar-refractivity contribution in [2.45, 2.75) is 13.0 Å². The first-order valence-electron chi connectivity index (χ1n) is 5.37. The SMILES string of the molecule is CC(Nc1ccc(C(=O)O)cn1)c1nncn1C. The third-order valence-corrected chi connectivity index (χ3v) is 2.51. The van der Waals surface area contributed by atoms with Crippen molar-refractivity contribution in [1.82, 2.24) is 19.7 Å². The number of rotatable bonds is 4. The quantitative estimate of drug-likeness (QED) is 0.839. The van der Waals surface area contributed by atoms with E-state index in [-0.39, 0.29) is 11.6 Å². The largest absolute Gasteiger partial charge is 0.478 e. The molecule has 0 saturated carbocycles. The van der Waals surface area contributed by atoms with Gasteiger partial charge in [0.25, 0.3) is 0 Å². The zero-order chi connectivity index (χ0) is 13.1. The summed E-state index contributed by atoms with van der Waals surface area (Å²) >= 11 is 0. The molecule has 94 valence electrons. The molecule has 2 N–H and O–H groups in total. The van der Waals surface area contributed by atoms with Crippen LogP contribution in [0.1, 0.15) is 29.1 Å². The van der Waals surface area contributed by atoms with E-state index in [1.165, 1.54) is 12.3 Å². The van der Waals surface area contributed by atoms with E-state index in [1.54, 1.807) is 12.4 Å². The highest BCUT2D eigenvalue weighted by Gasteiger charge is 2.11. The van der Waals surface area contributed by atoms with E-state index in [2.05, 4.69) is 20.5 Å². The summed E-state index contributed by atoms with van der Waals surface area (Å²) in [4.78, 5) is 14.7. The average Bonchev–Trinajstić information content (AvgIpc) is 2.76. The van der Waals surface area contributed by atoms with E-state index >= 15 is 0 Å². The number of carboxylic acids is 1. The van der Waals surface area contributed by atoms with E-state index in [1.807, 2.05) is 18.5 Å². The second kappa shape index (κ2) is 4.82. The zero-order valence-corrected chi connectivity index (χ0v) is 10.0. The Bertz CT molecular complexity index is 549. The highest BCUT2D eigenvalue weighted by Crippen LogP contribution is 2.15. The van der Waals surface area contributed by atoms with Crippen molar-refractivity contribution in [2.24, 2.45) is 7.05 Å². The molecule has 18 heavy (non-hydrogen) atoms. The summed E-state index contributed by atoms with van der Waals surface area (Å²) in [5.74, 6) is 0.380. The first kappa shape index (κ1) is 12.0. The van der Waals surface area contributed by atoms with Crippen LogP contribution in [0, 0.1) is 0 Å². The molecule has 2 aromatic rings. The topological polar surface area (TPSA) is 92.9 Å². The van der Waals surface area contributed by atoms with E-state index in [9.17, 15) is 4.79 Å². The maximum absolute atomic E-state index is 10.7. The van der Waals surface area contributed by atoms with Gasteiger partial charge < -0.3 is 15.0 Å². The third-order valence-electron chi connectivity index (χ3n) is 2.51. The molecule has 2 aromatic heterocycles. The second-order valence-electron chi connectivity index (χ2n) is 3.90. The highest BCUT2D eigenvalue weighted by atomic mass is 16.4. The molecule has 0 saturated heterocycles. The maximum Gasteiger partial charge on any atom is 0.337 e. The Hall–Kier alpha value is -2.44. The van der Waals surface area contributed by atoms with Gasteiger partial charge in [0.2, 0.25) is 0 Å². The minimum atomic E-state index is -0.990. The van der Waals surface area contributed by atoms with Crippen LogP contribution in [0.25, 0.3) is 0 Å². The minimum Gasteiger partial charge on any atom is -0.478 e. The number of carbonyl (C=O) groups is 1. The Morgan fingerprint density at radius 3 is 2.78 bits per heavy atom. The monoisotopic (exact) mass is 247 g/mol. The van der Waals surface area contributed by atoms with Crippen LogP contribution in [0.15, 0.2) is 24.7 Å². The van der Waals surface area contributed by atoms with Gasteiger partial charge in [-0.3, -0.25) is 0 Å².